The van der Waals surface area contributed by atoms with Gasteiger partial charge in [0.15, 0.2) is 0 Å². The molecule has 3 N–H and O–H groups in total. The number of hydrogen-bond acceptors (Lipinski definition) is 3. The highest BCUT2D eigenvalue weighted by Crippen LogP contribution is 2.60. The summed E-state index contributed by atoms with van der Waals surface area (Å²) >= 11 is 0. The van der Waals surface area contributed by atoms with Gasteiger partial charge in [0.2, 0.25) is 5.91 Å². The number of H-pyrrole nitrogens is 1. The summed E-state index contributed by atoms with van der Waals surface area (Å²) in [6.07, 6.45) is 8.82. The average molecular weight is 491 g/mol. The van der Waals surface area contributed by atoms with E-state index in [1.807, 2.05) is 36.4 Å². The van der Waals surface area contributed by atoms with Crippen molar-refractivity contribution in [1.29, 1.82) is 0 Å². The normalized spacial score (nSPS) is 25.8. The molecule has 0 aliphatic heterocycles. The molecule has 0 spiro atoms. The second kappa shape index (κ2) is 8.58. The maximum atomic E-state index is 13.5. The van der Waals surface area contributed by atoms with E-state index in [9.17, 15) is 9.59 Å². The van der Waals surface area contributed by atoms with Crippen LogP contribution in [0.1, 0.15) is 49.0 Å². The van der Waals surface area contributed by atoms with E-state index in [4.69, 9.17) is 0 Å². The van der Waals surface area contributed by atoms with Crippen molar-refractivity contribution in [3.05, 3.63) is 78.6 Å². The summed E-state index contributed by atoms with van der Waals surface area (Å²) in [7, 11) is 0. The minimum atomic E-state index is -0.234. The number of aromatic nitrogens is 2. The van der Waals surface area contributed by atoms with E-state index in [0.717, 1.165) is 64.9 Å². The smallest absolute Gasteiger partial charge is 0.274 e. The monoisotopic (exact) mass is 490 g/mol. The van der Waals surface area contributed by atoms with E-state index in [1.165, 1.54) is 19.3 Å². The zero-order chi connectivity index (χ0) is 25.0. The Bertz CT molecular complexity index is 1450. The predicted octanol–water partition coefficient (Wildman–Crippen LogP) is 6.64. The van der Waals surface area contributed by atoms with Gasteiger partial charge in [0.25, 0.3) is 5.91 Å². The molecule has 0 unspecified atom stereocenters. The lowest BCUT2D eigenvalue weighted by atomic mass is 9.49. The zero-order valence-electron chi connectivity index (χ0n) is 20.7. The number of carbonyl (C=O) groups excluding carboxylic acids is 2. The van der Waals surface area contributed by atoms with Crippen molar-refractivity contribution in [2.24, 2.45) is 23.2 Å². The summed E-state index contributed by atoms with van der Waals surface area (Å²) in [6, 6.07) is 21.2. The number of carbonyl (C=O) groups is 2. The number of amides is 2. The minimum absolute atomic E-state index is 0.152. The molecular formula is C31H30N4O2. The fraction of sp³-hybridized carbons (Fsp3) is 0.323. The summed E-state index contributed by atoms with van der Waals surface area (Å²) < 4.78 is 0. The maximum absolute atomic E-state index is 13.5. The molecule has 0 saturated heterocycles. The van der Waals surface area contributed by atoms with Gasteiger partial charge in [-0.05, 0) is 110 Å². The Morgan fingerprint density at radius 1 is 0.811 bits per heavy atom. The Morgan fingerprint density at radius 3 is 2.19 bits per heavy atom. The third-order valence-corrected chi connectivity index (χ3v) is 8.75. The standard InChI is InChI=1S/C31H30N4O2/c36-29(27-3-1-2-10-32-27)33-24-6-4-22(5-7-24)28-15-23-14-25(8-9-26(23)35-28)34-30(37)31-16-19-11-20(17-31)13-21(12-19)18-31/h1-10,14-15,19-21,35H,11-13,16-18H2,(H,33,36)(H,34,37). The number of benzene rings is 2. The molecule has 2 aromatic heterocycles. The molecular weight excluding hydrogens is 460 g/mol. The van der Waals surface area contributed by atoms with Crippen molar-refractivity contribution in [2.45, 2.75) is 38.5 Å². The van der Waals surface area contributed by atoms with Crippen LogP contribution in [-0.2, 0) is 4.79 Å². The molecule has 0 atom stereocenters. The number of aromatic amines is 1. The number of nitrogens with one attached hydrogen (secondary N) is 3. The molecule has 6 heteroatoms. The number of rotatable bonds is 5. The fourth-order valence-corrected chi connectivity index (χ4v) is 7.44. The third-order valence-electron chi connectivity index (χ3n) is 8.75. The highest BCUT2D eigenvalue weighted by molar-refractivity contribution is 6.03. The first-order valence-corrected chi connectivity index (χ1v) is 13.3. The molecule has 4 saturated carbocycles. The van der Waals surface area contributed by atoms with Gasteiger partial charge in [-0.25, -0.2) is 0 Å². The predicted molar refractivity (Wildman–Crippen MR) is 145 cm³/mol. The summed E-state index contributed by atoms with van der Waals surface area (Å²) in [5, 5.41) is 7.23. The molecule has 8 rings (SSSR count). The van der Waals surface area contributed by atoms with Crippen LogP contribution in [0.2, 0.25) is 0 Å². The number of nitrogens with zero attached hydrogens (tertiary/aromatic N) is 1. The zero-order valence-corrected chi connectivity index (χ0v) is 20.7. The van der Waals surface area contributed by atoms with E-state index in [2.05, 4.69) is 32.7 Å². The van der Waals surface area contributed by atoms with Crippen LogP contribution in [0.25, 0.3) is 22.2 Å². The van der Waals surface area contributed by atoms with E-state index < -0.39 is 0 Å². The van der Waals surface area contributed by atoms with E-state index in [-0.39, 0.29) is 17.2 Å². The highest BCUT2D eigenvalue weighted by Gasteiger charge is 2.54. The Kier molecular flexibility index (Phi) is 5.17. The third kappa shape index (κ3) is 4.10. The average Bonchev–Trinajstić information content (AvgIpc) is 3.32. The number of hydrogen-bond donors (Lipinski definition) is 3. The van der Waals surface area contributed by atoms with Gasteiger partial charge in [-0.1, -0.05) is 18.2 Å². The van der Waals surface area contributed by atoms with Crippen LogP contribution in [0.4, 0.5) is 11.4 Å². The second-order valence-electron chi connectivity index (χ2n) is 11.4. The maximum Gasteiger partial charge on any atom is 0.274 e. The molecule has 4 bridgehead atoms. The largest absolute Gasteiger partial charge is 0.355 e. The van der Waals surface area contributed by atoms with Gasteiger partial charge in [0.05, 0.1) is 5.41 Å². The van der Waals surface area contributed by atoms with Crippen molar-refractivity contribution < 1.29 is 9.59 Å². The summed E-state index contributed by atoms with van der Waals surface area (Å²) in [5.41, 5.74) is 4.84. The summed E-state index contributed by atoms with van der Waals surface area (Å²) in [4.78, 5) is 33.4. The number of pyridine rings is 1. The molecule has 2 heterocycles. The van der Waals surface area contributed by atoms with Crippen LogP contribution < -0.4 is 10.6 Å². The van der Waals surface area contributed by atoms with Crippen LogP contribution in [-0.4, -0.2) is 21.8 Å². The molecule has 2 amide bonds. The van der Waals surface area contributed by atoms with Crippen LogP contribution in [0.15, 0.2) is 72.9 Å². The van der Waals surface area contributed by atoms with Gasteiger partial charge >= 0.3 is 0 Å². The van der Waals surface area contributed by atoms with Gasteiger partial charge < -0.3 is 15.6 Å². The van der Waals surface area contributed by atoms with Crippen molar-refractivity contribution in [3.63, 3.8) is 0 Å². The molecule has 0 radical (unpaired) electrons. The lowest BCUT2D eigenvalue weighted by Crippen LogP contribution is -2.51. The lowest BCUT2D eigenvalue weighted by molar-refractivity contribution is -0.140. The van der Waals surface area contributed by atoms with Crippen molar-refractivity contribution in [3.8, 4) is 11.3 Å². The van der Waals surface area contributed by atoms with Gasteiger partial charge in [-0.15, -0.1) is 0 Å². The second-order valence-corrected chi connectivity index (χ2v) is 11.4. The topological polar surface area (TPSA) is 86.9 Å². The van der Waals surface area contributed by atoms with Crippen molar-refractivity contribution in [2.75, 3.05) is 10.6 Å². The first-order chi connectivity index (χ1) is 18.0. The minimum Gasteiger partial charge on any atom is -0.355 e. The van der Waals surface area contributed by atoms with E-state index >= 15 is 0 Å². The van der Waals surface area contributed by atoms with Crippen LogP contribution >= 0.6 is 0 Å². The molecule has 6 nitrogen and oxygen atoms in total. The van der Waals surface area contributed by atoms with Crippen LogP contribution in [0.3, 0.4) is 0 Å². The Hall–Kier alpha value is -3.93. The summed E-state index contributed by atoms with van der Waals surface area (Å²) in [6.45, 7) is 0. The van der Waals surface area contributed by atoms with E-state index in [1.54, 1.807) is 24.4 Å². The lowest BCUT2D eigenvalue weighted by Gasteiger charge is -2.55. The summed E-state index contributed by atoms with van der Waals surface area (Å²) in [5.74, 6) is 2.25. The van der Waals surface area contributed by atoms with Crippen LogP contribution in [0.5, 0.6) is 0 Å². The van der Waals surface area contributed by atoms with Gasteiger partial charge in [-0.2, -0.15) is 0 Å². The SMILES string of the molecule is O=C(Nc1ccc(-c2cc3cc(NC(=O)C45CC6CC(CC(C6)C4)C5)ccc3[nH]2)cc1)c1ccccn1. The molecule has 4 aliphatic carbocycles. The fourth-order valence-electron chi connectivity index (χ4n) is 7.44. The van der Waals surface area contributed by atoms with Gasteiger partial charge in [0.1, 0.15) is 5.69 Å². The van der Waals surface area contributed by atoms with Crippen molar-refractivity contribution in [1.82, 2.24) is 9.97 Å². The molecule has 4 aromatic rings. The quantitative estimate of drug-likeness (QED) is 0.293. The van der Waals surface area contributed by atoms with Gasteiger partial charge in [-0.3, -0.25) is 14.6 Å². The molecule has 186 valence electrons. The molecule has 37 heavy (non-hydrogen) atoms. The molecule has 2 aromatic carbocycles. The van der Waals surface area contributed by atoms with Gasteiger partial charge in [0, 0.05) is 34.2 Å². The first-order valence-electron chi connectivity index (χ1n) is 13.3. The Balaban J connectivity index is 1.06. The Morgan fingerprint density at radius 2 is 1.51 bits per heavy atom. The van der Waals surface area contributed by atoms with E-state index in [0.29, 0.717) is 11.4 Å². The number of anilines is 2. The molecule has 4 aliphatic rings. The number of fused-ring (bicyclic) bond motifs is 1. The van der Waals surface area contributed by atoms with Crippen LogP contribution in [0, 0.1) is 23.2 Å². The Labute approximate surface area is 215 Å². The highest BCUT2D eigenvalue weighted by atomic mass is 16.2. The van der Waals surface area contributed by atoms with Crippen molar-refractivity contribution >= 4 is 34.1 Å². The molecule has 4 fully saturated rings. The first kappa shape index (κ1) is 22.3.